The molecular weight excluding hydrogens is 681 g/mol. The predicted octanol–water partition coefficient (Wildman–Crippen LogP) is 4.04. The zero-order valence-electron chi connectivity index (χ0n) is 23.8. The standard InChI is InChI=1S/C17H13NO5S.C12H11NO8S2/c19-16-10-14(24(21,22)23)9-12-8-13(6-7-15(12)16)18-17(20)11-4-2-1-3-5-11;1-6(14)13-10-3-2-8-9(12(10)23(19,20)21)4-7(5-11(8)15)22(16,17)18/h1-10,19H,(H,18,20)(H,21,22,23);2-5,15H,1H3,(H,13,14)(H,16,17,18)(H,19,20,21). The van der Waals surface area contributed by atoms with Gasteiger partial charge < -0.3 is 20.8 Å². The topological polar surface area (TPSA) is 262 Å². The van der Waals surface area contributed by atoms with Gasteiger partial charge in [-0.15, -0.1) is 0 Å². The molecule has 5 aromatic rings. The molecule has 0 radical (unpaired) electrons. The Balaban J connectivity index is 0.000000213. The van der Waals surface area contributed by atoms with Crippen LogP contribution in [-0.2, 0) is 35.1 Å². The van der Waals surface area contributed by atoms with Gasteiger partial charge in [0.15, 0.2) is 0 Å². The number of hydrogen-bond donors (Lipinski definition) is 7. The van der Waals surface area contributed by atoms with Crippen molar-refractivity contribution in [2.24, 2.45) is 0 Å². The number of aromatic hydroxyl groups is 2. The Labute approximate surface area is 267 Å². The van der Waals surface area contributed by atoms with E-state index >= 15 is 0 Å². The molecule has 0 fully saturated rings. The van der Waals surface area contributed by atoms with E-state index in [1.54, 1.807) is 42.5 Å². The molecule has 0 bridgehead atoms. The van der Waals surface area contributed by atoms with Crippen molar-refractivity contribution in [3.63, 3.8) is 0 Å². The summed E-state index contributed by atoms with van der Waals surface area (Å²) in [5.41, 5.74) is 0.606. The van der Waals surface area contributed by atoms with E-state index in [1.807, 2.05) is 0 Å². The smallest absolute Gasteiger partial charge is 0.297 e. The molecule has 5 rings (SSSR count). The van der Waals surface area contributed by atoms with Crippen LogP contribution in [0.15, 0.2) is 99.6 Å². The molecule has 5 aromatic carbocycles. The van der Waals surface area contributed by atoms with Crippen molar-refractivity contribution < 1.29 is 58.7 Å². The highest BCUT2D eigenvalue weighted by Gasteiger charge is 2.24. The number of phenols is 2. The van der Waals surface area contributed by atoms with Crippen molar-refractivity contribution in [1.29, 1.82) is 0 Å². The van der Waals surface area contributed by atoms with E-state index < -0.39 is 56.7 Å². The van der Waals surface area contributed by atoms with Gasteiger partial charge in [0.1, 0.15) is 16.4 Å². The van der Waals surface area contributed by atoms with Crippen LogP contribution in [0, 0.1) is 0 Å². The van der Waals surface area contributed by atoms with Gasteiger partial charge in [-0.1, -0.05) is 18.2 Å². The summed E-state index contributed by atoms with van der Waals surface area (Å²) in [5.74, 6) is -1.86. The predicted molar refractivity (Wildman–Crippen MR) is 169 cm³/mol. The number of carbonyl (C=O) groups is 2. The van der Waals surface area contributed by atoms with E-state index in [-0.39, 0.29) is 28.1 Å². The molecule has 0 heterocycles. The third-order valence-corrected chi connectivity index (χ3v) is 9.02. The van der Waals surface area contributed by atoms with E-state index in [4.69, 9.17) is 9.11 Å². The van der Waals surface area contributed by atoms with Gasteiger partial charge in [-0.05, 0) is 60.0 Å². The Morgan fingerprint density at radius 3 is 1.70 bits per heavy atom. The molecule has 2 amide bonds. The van der Waals surface area contributed by atoms with E-state index in [1.165, 1.54) is 18.2 Å². The van der Waals surface area contributed by atoms with Crippen molar-refractivity contribution in [3.05, 3.63) is 90.5 Å². The minimum atomic E-state index is -4.89. The molecule has 0 atom stereocenters. The summed E-state index contributed by atoms with van der Waals surface area (Å²) in [6.45, 7) is 1.10. The SMILES string of the molecule is CC(=O)Nc1ccc2c(O)cc(S(=O)(=O)O)cc2c1S(=O)(=O)O.O=C(Nc1ccc2c(O)cc(S(=O)(=O)O)cc2c1)c1ccccc1. The summed E-state index contributed by atoms with van der Waals surface area (Å²) in [5, 5.41) is 24.9. The monoisotopic (exact) mass is 704 g/mol. The van der Waals surface area contributed by atoms with Crippen molar-refractivity contribution in [2.45, 2.75) is 21.6 Å². The second-order valence-corrected chi connectivity index (χ2v) is 14.0. The molecular formula is C29H24N2O13S3. The van der Waals surface area contributed by atoms with Crippen LogP contribution in [0.5, 0.6) is 11.5 Å². The van der Waals surface area contributed by atoms with Crippen LogP contribution >= 0.6 is 0 Å². The average molecular weight is 705 g/mol. The number of hydrogen-bond acceptors (Lipinski definition) is 10. The number of phenolic OH excluding ortho intramolecular Hbond substituents is 2. The Kier molecular flexibility index (Phi) is 9.57. The average Bonchev–Trinajstić information content (AvgIpc) is 2.95. The lowest BCUT2D eigenvalue weighted by molar-refractivity contribution is -0.114. The van der Waals surface area contributed by atoms with E-state index in [9.17, 15) is 49.6 Å². The van der Waals surface area contributed by atoms with Gasteiger partial charge in [-0.2, -0.15) is 25.3 Å². The summed E-state index contributed by atoms with van der Waals surface area (Å²) in [6.07, 6.45) is 0. The van der Waals surface area contributed by atoms with E-state index in [2.05, 4.69) is 10.6 Å². The largest absolute Gasteiger partial charge is 0.507 e. The maximum atomic E-state index is 12.1. The molecule has 0 aromatic heterocycles. The van der Waals surface area contributed by atoms with Crippen molar-refractivity contribution in [2.75, 3.05) is 10.6 Å². The number of anilines is 2. The fourth-order valence-electron chi connectivity index (χ4n) is 4.42. The highest BCUT2D eigenvalue weighted by molar-refractivity contribution is 7.86. The summed E-state index contributed by atoms with van der Waals surface area (Å²) in [7, 11) is -14.1. The van der Waals surface area contributed by atoms with E-state index in [0.717, 1.165) is 31.2 Å². The lowest BCUT2D eigenvalue weighted by Gasteiger charge is -2.12. The molecule has 0 aliphatic heterocycles. The lowest BCUT2D eigenvalue weighted by atomic mass is 10.1. The second kappa shape index (κ2) is 12.9. The first-order valence-electron chi connectivity index (χ1n) is 12.9. The van der Waals surface area contributed by atoms with Crippen LogP contribution in [0.25, 0.3) is 21.5 Å². The molecule has 15 nitrogen and oxygen atoms in total. The molecule has 0 unspecified atom stereocenters. The first kappa shape index (κ1) is 34.8. The van der Waals surface area contributed by atoms with Gasteiger partial charge in [0.25, 0.3) is 36.3 Å². The highest BCUT2D eigenvalue weighted by Crippen LogP contribution is 2.37. The van der Waals surface area contributed by atoms with Gasteiger partial charge in [-0.25, -0.2) is 0 Å². The summed E-state index contributed by atoms with van der Waals surface area (Å²) in [4.78, 5) is 21.3. The zero-order valence-corrected chi connectivity index (χ0v) is 26.3. The minimum Gasteiger partial charge on any atom is -0.507 e. The van der Waals surface area contributed by atoms with Gasteiger partial charge in [0.2, 0.25) is 5.91 Å². The van der Waals surface area contributed by atoms with Crippen LogP contribution < -0.4 is 10.6 Å². The highest BCUT2D eigenvalue weighted by atomic mass is 32.2. The van der Waals surface area contributed by atoms with Crippen molar-refractivity contribution in [1.82, 2.24) is 0 Å². The fraction of sp³-hybridized carbons (Fsp3) is 0.0345. The summed E-state index contributed by atoms with van der Waals surface area (Å²) < 4.78 is 95.8. The number of rotatable bonds is 6. The second-order valence-electron chi connectivity index (χ2n) is 9.78. The third-order valence-electron chi connectivity index (χ3n) is 6.40. The number of nitrogens with one attached hydrogen (secondary N) is 2. The van der Waals surface area contributed by atoms with Crippen molar-refractivity contribution in [3.8, 4) is 11.5 Å². The number of fused-ring (bicyclic) bond motifs is 2. The van der Waals surface area contributed by atoms with Crippen LogP contribution in [0.3, 0.4) is 0 Å². The molecule has 18 heteroatoms. The van der Waals surface area contributed by atoms with Crippen LogP contribution in [0.1, 0.15) is 17.3 Å². The van der Waals surface area contributed by atoms with Crippen LogP contribution in [0.4, 0.5) is 11.4 Å². The molecule has 0 aliphatic rings. The lowest BCUT2D eigenvalue weighted by Crippen LogP contribution is -2.11. The van der Waals surface area contributed by atoms with Crippen molar-refractivity contribution >= 4 is 75.1 Å². The number of carbonyl (C=O) groups excluding carboxylic acids is 2. The Bertz CT molecular complexity index is 2400. The van der Waals surface area contributed by atoms with Gasteiger partial charge in [-0.3, -0.25) is 23.2 Å². The molecule has 0 saturated heterocycles. The summed E-state index contributed by atoms with van der Waals surface area (Å²) in [6, 6.07) is 19.3. The van der Waals surface area contributed by atoms with Crippen LogP contribution in [0.2, 0.25) is 0 Å². The Hall–Kier alpha value is -5.11. The molecule has 246 valence electrons. The van der Waals surface area contributed by atoms with Crippen LogP contribution in [-0.4, -0.2) is 60.9 Å². The fourth-order valence-corrected chi connectivity index (χ4v) is 6.33. The Morgan fingerprint density at radius 2 is 1.15 bits per heavy atom. The third kappa shape index (κ3) is 8.19. The quantitative estimate of drug-likeness (QED) is 0.123. The number of amides is 2. The van der Waals surface area contributed by atoms with Gasteiger partial charge >= 0.3 is 0 Å². The van der Waals surface area contributed by atoms with Gasteiger partial charge in [0.05, 0.1) is 15.5 Å². The maximum absolute atomic E-state index is 12.1. The molecule has 7 N–H and O–H groups in total. The van der Waals surface area contributed by atoms with E-state index in [0.29, 0.717) is 22.0 Å². The Morgan fingerprint density at radius 1 is 0.596 bits per heavy atom. The first-order valence-corrected chi connectivity index (χ1v) is 17.2. The minimum absolute atomic E-state index is 0.0980. The number of benzene rings is 5. The normalized spacial score (nSPS) is 11.8. The maximum Gasteiger partial charge on any atom is 0.297 e. The summed E-state index contributed by atoms with van der Waals surface area (Å²) >= 11 is 0. The molecule has 47 heavy (non-hydrogen) atoms. The first-order chi connectivity index (χ1) is 21.8. The molecule has 0 aliphatic carbocycles. The molecule has 0 saturated carbocycles. The van der Waals surface area contributed by atoms with Gasteiger partial charge in [0, 0.05) is 46.5 Å². The molecule has 0 spiro atoms. The zero-order chi connectivity index (χ0) is 34.9.